The zero-order valence-corrected chi connectivity index (χ0v) is 16.4. The lowest BCUT2D eigenvalue weighted by atomic mass is 9.90. The van der Waals surface area contributed by atoms with Gasteiger partial charge in [-0.1, -0.05) is 19.3 Å². The van der Waals surface area contributed by atoms with Gasteiger partial charge in [-0.05, 0) is 50.8 Å². The van der Waals surface area contributed by atoms with Crippen LogP contribution in [0.15, 0.2) is 24.4 Å². The first-order valence-electron chi connectivity index (χ1n) is 9.61. The van der Waals surface area contributed by atoms with Crippen molar-refractivity contribution in [3.63, 3.8) is 0 Å². The quantitative estimate of drug-likeness (QED) is 0.781. The highest BCUT2D eigenvalue weighted by molar-refractivity contribution is 6.02. The molecule has 1 N–H and O–H groups in total. The normalized spacial score (nSPS) is 15.2. The summed E-state index contributed by atoms with van der Waals surface area (Å²) in [6.07, 6.45) is 11.3. The fourth-order valence-electron chi connectivity index (χ4n) is 3.51. The summed E-state index contributed by atoms with van der Waals surface area (Å²) in [4.78, 5) is 16.6. The summed E-state index contributed by atoms with van der Waals surface area (Å²) in [5.74, 6) is 1.44. The van der Waals surface area contributed by atoms with E-state index < -0.39 is 0 Å². The molecule has 2 aromatic rings. The molecular weight excluding hydrogens is 340 g/mol. The highest BCUT2D eigenvalue weighted by Gasteiger charge is 2.15. The summed E-state index contributed by atoms with van der Waals surface area (Å²) in [5.41, 5.74) is 2.88. The Hall–Kier alpha value is -2.63. The van der Waals surface area contributed by atoms with Crippen LogP contribution in [0.3, 0.4) is 0 Å². The van der Waals surface area contributed by atoms with Gasteiger partial charge in [0.2, 0.25) is 5.91 Å². The Bertz CT molecular complexity index is 820. The average Bonchev–Trinajstić information content (AvgIpc) is 2.92. The number of nitrogens with zero attached hydrogens (tertiary/aromatic N) is 3. The van der Waals surface area contributed by atoms with Crippen LogP contribution in [-0.4, -0.2) is 27.3 Å². The van der Waals surface area contributed by atoms with Crippen LogP contribution in [0.25, 0.3) is 6.08 Å². The second kappa shape index (κ2) is 8.84. The molecule has 0 spiro atoms. The van der Waals surface area contributed by atoms with E-state index in [9.17, 15) is 4.79 Å². The van der Waals surface area contributed by atoms with E-state index in [0.29, 0.717) is 24.1 Å². The van der Waals surface area contributed by atoms with Gasteiger partial charge < -0.3 is 10.1 Å². The maximum atomic E-state index is 12.4. The minimum absolute atomic E-state index is 0.237. The van der Waals surface area contributed by atoms with Crippen molar-refractivity contribution in [3.8, 4) is 5.75 Å². The lowest BCUT2D eigenvalue weighted by Crippen LogP contribution is -2.17. The van der Waals surface area contributed by atoms with Gasteiger partial charge in [-0.2, -0.15) is 5.10 Å². The van der Waals surface area contributed by atoms with Crippen molar-refractivity contribution >= 4 is 17.8 Å². The molecule has 2 aromatic heterocycles. The lowest BCUT2D eigenvalue weighted by Gasteiger charge is -2.22. The van der Waals surface area contributed by atoms with Gasteiger partial charge in [0, 0.05) is 30.6 Å². The number of carbonyl (C=O) groups is 1. The fraction of sp³-hybridized carbons (Fsp3) is 0.476. The van der Waals surface area contributed by atoms with Gasteiger partial charge >= 0.3 is 0 Å². The Kier molecular flexibility index (Phi) is 6.27. The van der Waals surface area contributed by atoms with Crippen LogP contribution in [0, 0.1) is 19.8 Å². The first kappa shape index (κ1) is 19.1. The van der Waals surface area contributed by atoms with Crippen molar-refractivity contribution in [2.45, 2.75) is 46.0 Å². The monoisotopic (exact) mass is 368 g/mol. The molecule has 0 aliphatic heterocycles. The molecule has 3 rings (SSSR count). The van der Waals surface area contributed by atoms with E-state index in [0.717, 1.165) is 17.0 Å². The topological polar surface area (TPSA) is 69.0 Å². The molecular formula is C21H28N4O2. The molecule has 27 heavy (non-hydrogen) atoms. The Labute approximate surface area is 160 Å². The van der Waals surface area contributed by atoms with Gasteiger partial charge in [0.05, 0.1) is 12.3 Å². The third-order valence-corrected chi connectivity index (χ3v) is 5.18. The lowest BCUT2D eigenvalue weighted by molar-refractivity contribution is -0.111. The molecule has 0 saturated heterocycles. The number of carbonyl (C=O) groups excluding carboxylic acids is 1. The second-order valence-corrected chi connectivity index (χ2v) is 7.20. The summed E-state index contributed by atoms with van der Waals surface area (Å²) >= 11 is 0. The Morgan fingerprint density at radius 2 is 2.11 bits per heavy atom. The Balaban J connectivity index is 1.62. The zero-order chi connectivity index (χ0) is 19.2. The minimum atomic E-state index is -0.237. The first-order valence-corrected chi connectivity index (χ1v) is 9.61. The summed E-state index contributed by atoms with van der Waals surface area (Å²) in [5, 5.41) is 7.18. The number of rotatable bonds is 6. The minimum Gasteiger partial charge on any atom is -0.489 e. The van der Waals surface area contributed by atoms with Crippen molar-refractivity contribution in [2.24, 2.45) is 13.0 Å². The molecule has 6 heteroatoms. The molecule has 1 amide bonds. The van der Waals surface area contributed by atoms with E-state index >= 15 is 0 Å². The SMILES string of the molecule is Cc1nn(C)c(C)c1/C=C/C(=O)Nc1ncccc1OCC1CCCCC1. The summed E-state index contributed by atoms with van der Waals surface area (Å²) < 4.78 is 7.78. The van der Waals surface area contributed by atoms with Gasteiger partial charge in [0.1, 0.15) is 0 Å². The summed E-state index contributed by atoms with van der Waals surface area (Å²) in [6.45, 7) is 4.59. The zero-order valence-electron chi connectivity index (χ0n) is 16.4. The maximum absolute atomic E-state index is 12.4. The van der Waals surface area contributed by atoms with Crippen molar-refractivity contribution in [3.05, 3.63) is 41.4 Å². The molecule has 0 bridgehead atoms. The molecule has 1 saturated carbocycles. The molecule has 1 fully saturated rings. The molecule has 0 atom stereocenters. The number of aromatic nitrogens is 3. The largest absolute Gasteiger partial charge is 0.489 e. The van der Waals surface area contributed by atoms with Gasteiger partial charge in [-0.25, -0.2) is 4.98 Å². The number of ether oxygens (including phenoxy) is 1. The van der Waals surface area contributed by atoms with Crippen molar-refractivity contribution < 1.29 is 9.53 Å². The Morgan fingerprint density at radius 1 is 1.33 bits per heavy atom. The van der Waals surface area contributed by atoms with Crippen molar-refractivity contribution in [1.82, 2.24) is 14.8 Å². The molecule has 6 nitrogen and oxygen atoms in total. The predicted molar refractivity (Wildman–Crippen MR) is 107 cm³/mol. The van der Waals surface area contributed by atoms with Crippen LogP contribution < -0.4 is 10.1 Å². The van der Waals surface area contributed by atoms with Gasteiger partial charge in [-0.15, -0.1) is 0 Å². The number of aryl methyl sites for hydroxylation is 2. The molecule has 144 valence electrons. The van der Waals surface area contributed by atoms with E-state index in [-0.39, 0.29) is 5.91 Å². The van der Waals surface area contributed by atoms with E-state index in [2.05, 4.69) is 15.4 Å². The predicted octanol–water partition coefficient (Wildman–Crippen LogP) is 4.04. The number of hydrogen-bond donors (Lipinski definition) is 1. The summed E-state index contributed by atoms with van der Waals surface area (Å²) in [7, 11) is 1.89. The standard InChI is InChI=1S/C21H28N4O2/c1-15-18(16(2)25(3)24-15)11-12-20(26)23-21-19(10-7-13-22-21)27-14-17-8-5-4-6-9-17/h7,10-13,17H,4-6,8-9,14H2,1-3H3,(H,22,23,26)/b12-11+. The maximum Gasteiger partial charge on any atom is 0.249 e. The number of pyridine rings is 1. The number of nitrogens with one attached hydrogen (secondary N) is 1. The second-order valence-electron chi connectivity index (χ2n) is 7.20. The average molecular weight is 368 g/mol. The van der Waals surface area contributed by atoms with Gasteiger partial charge in [-0.3, -0.25) is 9.48 Å². The fourth-order valence-corrected chi connectivity index (χ4v) is 3.51. The number of amides is 1. The van der Waals surface area contributed by atoms with Gasteiger partial charge in [0.25, 0.3) is 0 Å². The van der Waals surface area contributed by atoms with Crippen LogP contribution in [0.1, 0.15) is 49.1 Å². The van der Waals surface area contributed by atoms with Crippen LogP contribution in [-0.2, 0) is 11.8 Å². The smallest absolute Gasteiger partial charge is 0.249 e. The number of hydrogen-bond acceptors (Lipinski definition) is 4. The van der Waals surface area contributed by atoms with E-state index in [1.807, 2.05) is 37.7 Å². The third kappa shape index (κ3) is 4.96. The molecule has 0 unspecified atom stereocenters. The van der Waals surface area contributed by atoms with Crippen LogP contribution in [0.4, 0.5) is 5.82 Å². The Morgan fingerprint density at radius 3 is 2.81 bits per heavy atom. The van der Waals surface area contributed by atoms with E-state index in [4.69, 9.17) is 4.74 Å². The van der Waals surface area contributed by atoms with Gasteiger partial charge in [0.15, 0.2) is 11.6 Å². The van der Waals surface area contributed by atoms with Crippen LogP contribution >= 0.6 is 0 Å². The summed E-state index contributed by atoms with van der Waals surface area (Å²) in [6, 6.07) is 3.68. The highest BCUT2D eigenvalue weighted by atomic mass is 16.5. The molecule has 1 aliphatic carbocycles. The third-order valence-electron chi connectivity index (χ3n) is 5.18. The molecule has 0 aromatic carbocycles. The van der Waals surface area contributed by atoms with Crippen molar-refractivity contribution in [1.29, 1.82) is 0 Å². The van der Waals surface area contributed by atoms with E-state index in [1.54, 1.807) is 12.3 Å². The number of anilines is 1. The van der Waals surface area contributed by atoms with E-state index in [1.165, 1.54) is 38.2 Å². The van der Waals surface area contributed by atoms with Crippen LogP contribution in [0.5, 0.6) is 5.75 Å². The van der Waals surface area contributed by atoms with Crippen LogP contribution in [0.2, 0.25) is 0 Å². The van der Waals surface area contributed by atoms with Crippen molar-refractivity contribution in [2.75, 3.05) is 11.9 Å². The highest BCUT2D eigenvalue weighted by Crippen LogP contribution is 2.27. The molecule has 0 radical (unpaired) electrons. The molecule has 2 heterocycles. The molecule has 1 aliphatic rings. The first-order chi connectivity index (χ1) is 13.0.